The quantitative estimate of drug-likeness (QED) is 0.469. The highest BCUT2D eigenvalue weighted by molar-refractivity contribution is 5.87. The molecule has 0 saturated carbocycles. The van der Waals surface area contributed by atoms with Crippen molar-refractivity contribution in [3.05, 3.63) is 0 Å². The van der Waals surface area contributed by atoms with Crippen molar-refractivity contribution in [2.75, 3.05) is 7.11 Å². The van der Waals surface area contributed by atoms with Crippen LogP contribution in [0.4, 0.5) is 0 Å². The molecule has 0 aliphatic carbocycles. The average Bonchev–Trinajstić information content (AvgIpc) is 2.18. The Bertz CT molecular complexity index is 229. The van der Waals surface area contributed by atoms with Crippen LogP contribution >= 0.6 is 0 Å². The molecule has 0 spiro atoms. The van der Waals surface area contributed by atoms with Gasteiger partial charge < -0.3 is 20.1 Å². The molecule has 0 aliphatic rings. The molecule has 0 bridgehead atoms. The fraction of sp³-hybridized carbons (Fsp3) is 0.667. The molecule has 2 N–H and O–H groups in total. The molecule has 0 fully saturated rings. The van der Waals surface area contributed by atoms with Crippen LogP contribution in [0.15, 0.2) is 0 Å². The summed E-state index contributed by atoms with van der Waals surface area (Å²) in [6, 6.07) is 0. The van der Waals surface area contributed by atoms with Crippen LogP contribution in [0.5, 0.6) is 0 Å². The van der Waals surface area contributed by atoms with Crippen LogP contribution < -0.4 is 5.73 Å². The summed E-state index contributed by atoms with van der Waals surface area (Å²) in [4.78, 5) is 32.4. The summed E-state index contributed by atoms with van der Waals surface area (Å²) < 4.78 is 4.47. The second-order valence-corrected chi connectivity index (χ2v) is 3.05. The van der Waals surface area contributed by atoms with Crippen molar-refractivity contribution < 1.29 is 19.1 Å². The van der Waals surface area contributed by atoms with Crippen molar-refractivity contribution in [1.29, 1.82) is 0 Å². The van der Waals surface area contributed by atoms with E-state index in [-0.39, 0.29) is 6.42 Å². The molecule has 0 heterocycles. The van der Waals surface area contributed by atoms with Gasteiger partial charge in [-0.15, -0.1) is 0 Å². The molecular weight excluding hydrogens is 186 g/mol. The van der Waals surface area contributed by atoms with E-state index in [0.717, 1.165) is 0 Å². The molecule has 0 rings (SSSR count). The lowest BCUT2D eigenvalue weighted by atomic mass is 9.81. The van der Waals surface area contributed by atoms with E-state index in [9.17, 15) is 14.4 Å². The zero-order valence-corrected chi connectivity index (χ0v) is 8.36. The van der Waals surface area contributed by atoms with Gasteiger partial charge in [0.15, 0.2) is 0 Å². The molecule has 14 heavy (non-hydrogen) atoms. The smallest absolute Gasteiger partial charge is 0.327 e. The maximum absolute atomic E-state index is 11.3. The maximum atomic E-state index is 11.3. The lowest BCUT2D eigenvalue weighted by molar-refractivity contribution is -0.151. The number of rotatable bonds is 6. The van der Waals surface area contributed by atoms with Crippen LogP contribution in [0.1, 0.15) is 19.8 Å². The molecule has 2 atom stereocenters. The topological polar surface area (TPSA) is 86.5 Å². The van der Waals surface area contributed by atoms with Crippen molar-refractivity contribution in [2.24, 2.45) is 11.7 Å². The second-order valence-electron chi connectivity index (χ2n) is 3.05. The number of nitrogens with two attached hydrogens (primary N) is 1. The Hall–Kier alpha value is -1.23. The zero-order valence-electron chi connectivity index (χ0n) is 8.36. The fourth-order valence-electron chi connectivity index (χ4n) is 1.30. The summed E-state index contributed by atoms with van der Waals surface area (Å²) >= 11 is 0. The first-order valence-corrected chi connectivity index (χ1v) is 4.33. The molecule has 0 aromatic carbocycles. The van der Waals surface area contributed by atoms with Crippen molar-refractivity contribution in [1.82, 2.24) is 0 Å². The van der Waals surface area contributed by atoms with Gasteiger partial charge in [-0.1, -0.05) is 6.92 Å². The van der Waals surface area contributed by atoms with Gasteiger partial charge in [-0.3, -0.25) is 4.79 Å². The maximum Gasteiger partial charge on any atom is 0.327 e. The first-order chi connectivity index (χ1) is 6.56. The molecule has 2 unspecified atom stereocenters. The van der Waals surface area contributed by atoms with E-state index < -0.39 is 17.4 Å². The van der Waals surface area contributed by atoms with Crippen molar-refractivity contribution in [3.63, 3.8) is 0 Å². The number of carbonyl (C=O) groups excluding carboxylic acids is 3. The van der Waals surface area contributed by atoms with Gasteiger partial charge >= 0.3 is 5.97 Å². The first kappa shape index (κ1) is 12.8. The van der Waals surface area contributed by atoms with Crippen LogP contribution in [0.25, 0.3) is 0 Å². The van der Waals surface area contributed by atoms with E-state index in [4.69, 9.17) is 5.73 Å². The fourth-order valence-corrected chi connectivity index (χ4v) is 1.30. The molecule has 0 radical (unpaired) electrons. The molecule has 5 nitrogen and oxygen atoms in total. The Morgan fingerprint density at radius 3 is 2.43 bits per heavy atom. The summed E-state index contributed by atoms with van der Waals surface area (Å²) in [5.41, 5.74) is 4.17. The molecule has 80 valence electrons. The van der Waals surface area contributed by atoms with Gasteiger partial charge in [0.05, 0.1) is 7.11 Å². The zero-order chi connectivity index (χ0) is 11.2. The molecule has 5 heteroatoms. The van der Waals surface area contributed by atoms with Crippen molar-refractivity contribution in [2.45, 2.75) is 25.3 Å². The largest absolute Gasteiger partial charge is 0.468 e. The van der Waals surface area contributed by atoms with Crippen LogP contribution in [-0.2, 0) is 19.1 Å². The second kappa shape index (κ2) is 5.49. The average molecular weight is 201 g/mol. The predicted octanol–water partition coefficient (Wildman–Crippen LogP) is -0.329. The summed E-state index contributed by atoms with van der Waals surface area (Å²) in [6.07, 6.45) is 1.28. The Labute approximate surface area is 82.6 Å². The Morgan fingerprint density at radius 1 is 1.57 bits per heavy atom. The first-order valence-electron chi connectivity index (χ1n) is 4.33. The van der Waals surface area contributed by atoms with Gasteiger partial charge in [0.2, 0.25) is 0 Å². The number of aldehydes is 2. The normalized spacial score (nSPS) is 16.5. The number of hydrogen-bond acceptors (Lipinski definition) is 5. The van der Waals surface area contributed by atoms with Gasteiger partial charge in [-0.2, -0.15) is 0 Å². The van der Waals surface area contributed by atoms with Gasteiger partial charge in [0.25, 0.3) is 0 Å². The highest BCUT2D eigenvalue weighted by Crippen LogP contribution is 2.21. The number of ether oxygens (including phenoxy) is 1. The summed E-state index contributed by atoms with van der Waals surface area (Å²) in [5.74, 6) is -1.43. The standard InChI is InChI=1S/C9H15NO4/c1-3-7(6-12)9(10,4-5-11)8(13)14-2/h5-7H,3-4,10H2,1-2H3. The summed E-state index contributed by atoms with van der Waals surface area (Å²) in [6.45, 7) is 1.72. The van der Waals surface area contributed by atoms with E-state index >= 15 is 0 Å². The lowest BCUT2D eigenvalue weighted by Gasteiger charge is -2.28. The molecular formula is C9H15NO4. The highest BCUT2D eigenvalue weighted by atomic mass is 16.5. The SMILES string of the molecule is CCC(C=O)C(N)(CC=O)C(=O)OC. The van der Waals surface area contributed by atoms with Crippen LogP contribution in [0.3, 0.4) is 0 Å². The Balaban J connectivity index is 4.93. The Morgan fingerprint density at radius 2 is 2.14 bits per heavy atom. The van der Waals surface area contributed by atoms with Gasteiger partial charge in [-0.25, -0.2) is 0 Å². The minimum atomic E-state index is -1.52. The van der Waals surface area contributed by atoms with E-state index in [1.165, 1.54) is 7.11 Å². The van der Waals surface area contributed by atoms with Crippen LogP contribution in [-0.4, -0.2) is 31.2 Å². The van der Waals surface area contributed by atoms with Gasteiger partial charge in [0.1, 0.15) is 18.1 Å². The third-order valence-corrected chi connectivity index (χ3v) is 2.25. The van der Waals surface area contributed by atoms with Gasteiger partial charge in [-0.05, 0) is 6.42 Å². The van der Waals surface area contributed by atoms with E-state index in [1.54, 1.807) is 6.92 Å². The Kier molecular flexibility index (Phi) is 5.01. The van der Waals surface area contributed by atoms with E-state index in [0.29, 0.717) is 19.0 Å². The molecule has 0 aliphatic heterocycles. The highest BCUT2D eigenvalue weighted by Gasteiger charge is 2.42. The third kappa shape index (κ3) is 2.38. The minimum absolute atomic E-state index is 0.211. The molecule has 0 aromatic rings. The van der Waals surface area contributed by atoms with Crippen LogP contribution in [0, 0.1) is 5.92 Å². The number of methoxy groups -OCH3 is 1. The number of hydrogen-bond donors (Lipinski definition) is 1. The summed E-state index contributed by atoms with van der Waals surface area (Å²) in [5, 5.41) is 0. The lowest BCUT2D eigenvalue weighted by Crippen LogP contribution is -2.55. The van der Waals surface area contributed by atoms with Crippen LogP contribution in [0.2, 0.25) is 0 Å². The molecule has 0 amide bonds. The predicted molar refractivity (Wildman–Crippen MR) is 49.5 cm³/mol. The molecule has 0 aromatic heterocycles. The minimum Gasteiger partial charge on any atom is -0.468 e. The number of carbonyl (C=O) groups is 3. The third-order valence-electron chi connectivity index (χ3n) is 2.25. The van der Waals surface area contributed by atoms with E-state index in [1.807, 2.05) is 0 Å². The monoisotopic (exact) mass is 201 g/mol. The van der Waals surface area contributed by atoms with Crippen molar-refractivity contribution in [3.8, 4) is 0 Å². The number of esters is 1. The van der Waals surface area contributed by atoms with E-state index in [2.05, 4.69) is 4.74 Å². The van der Waals surface area contributed by atoms with Gasteiger partial charge in [0, 0.05) is 12.3 Å². The van der Waals surface area contributed by atoms with Crippen molar-refractivity contribution >= 4 is 18.5 Å². The molecule has 0 saturated heterocycles. The summed E-state index contributed by atoms with van der Waals surface area (Å²) in [7, 11) is 1.17.